The van der Waals surface area contributed by atoms with Crippen LogP contribution in [0.3, 0.4) is 0 Å². The first-order valence-electron chi connectivity index (χ1n) is 6.76. The van der Waals surface area contributed by atoms with Crippen LogP contribution in [0, 0.1) is 0 Å². The summed E-state index contributed by atoms with van der Waals surface area (Å²) < 4.78 is 5.76. The lowest BCUT2D eigenvalue weighted by molar-refractivity contribution is 0.0697. The van der Waals surface area contributed by atoms with Crippen molar-refractivity contribution in [3.8, 4) is 11.3 Å². The van der Waals surface area contributed by atoms with E-state index in [2.05, 4.69) is 19.2 Å². The zero-order valence-corrected chi connectivity index (χ0v) is 12.9. The van der Waals surface area contributed by atoms with Crippen LogP contribution in [0.2, 0.25) is 0 Å². The number of benzene rings is 1. The molecule has 0 aliphatic heterocycles. The van der Waals surface area contributed by atoms with Crippen LogP contribution >= 0.6 is 12.4 Å². The third kappa shape index (κ3) is 4.62. The van der Waals surface area contributed by atoms with Crippen LogP contribution in [0.4, 0.5) is 0 Å². The lowest BCUT2D eigenvalue weighted by Gasteiger charge is -2.08. The topological polar surface area (TPSA) is 62.5 Å². The highest BCUT2D eigenvalue weighted by molar-refractivity contribution is 5.88. The van der Waals surface area contributed by atoms with E-state index in [9.17, 15) is 4.79 Å². The molecule has 1 aromatic carbocycles. The second kappa shape index (κ2) is 7.86. The van der Waals surface area contributed by atoms with Crippen LogP contribution in [0.5, 0.6) is 0 Å². The normalized spacial score (nSPS) is 11.7. The summed E-state index contributed by atoms with van der Waals surface area (Å²) in [5.41, 5.74) is 1.16. The Morgan fingerprint density at radius 2 is 1.90 bits per heavy atom. The Bertz CT molecular complexity index is 577. The maximum atomic E-state index is 10.8. The second-order valence-corrected chi connectivity index (χ2v) is 4.84. The lowest BCUT2D eigenvalue weighted by Crippen LogP contribution is -2.24. The molecule has 0 aliphatic rings. The molecule has 2 N–H and O–H groups in total. The first kappa shape index (κ1) is 17.3. The molecule has 21 heavy (non-hydrogen) atoms. The van der Waals surface area contributed by atoms with Crippen molar-refractivity contribution in [1.82, 2.24) is 5.32 Å². The number of carbonyl (C=O) groups is 1. The molecule has 2 aromatic rings. The zero-order valence-electron chi connectivity index (χ0n) is 12.1. The van der Waals surface area contributed by atoms with Crippen molar-refractivity contribution in [1.29, 1.82) is 0 Å². The van der Waals surface area contributed by atoms with Crippen molar-refractivity contribution in [3.63, 3.8) is 0 Å². The van der Waals surface area contributed by atoms with Gasteiger partial charge < -0.3 is 14.8 Å². The summed E-state index contributed by atoms with van der Waals surface area (Å²) in [4.78, 5) is 10.8. The molecule has 5 heteroatoms. The summed E-state index contributed by atoms with van der Waals surface area (Å²) in [6, 6.07) is 11.0. The fourth-order valence-electron chi connectivity index (χ4n) is 1.82. The number of hydrogen-bond acceptors (Lipinski definition) is 3. The lowest BCUT2D eigenvalue weighted by atomic mass is 10.1. The summed E-state index contributed by atoms with van der Waals surface area (Å²) in [7, 11) is 0. The summed E-state index contributed by atoms with van der Waals surface area (Å²) in [6.45, 7) is 4.96. The van der Waals surface area contributed by atoms with E-state index < -0.39 is 5.97 Å². The Morgan fingerprint density at radius 1 is 1.24 bits per heavy atom. The van der Waals surface area contributed by atoms with E-state index in [1.165, 1.54) is 0 Å². The van der Waals surface area contributed by atoms with Gasteiger partial charge in [-0.1, -0.05) is 19.1 Å². The Morgan fingerprint density at radius 3 is 2.48 bits per heavy atom. The van der Waals surface area contributed by atoms with Crippen LogP contribution in [-0.4, -0.2) is 17.1 Å². The third-order valence-corrected chi connectivity index (χ3v) is 3.32. The Kier molecular flexibility index (Phi) is 6.46. The fourth-order valence-corrected chi connectivity index (χ4v) is 1.82. The number of carboxylic acid groups (broad SMARTS) is 1. The molecule has 0 saturated heterocycles. The largest absolute Gasteiger partial charge is 0.478 e. The fraction of sp³-hybridized carbons (Fsp3) is 0.312. The van der Waals surface area contributed by atoms with E-state index in [1.807, 2.05) is 12.1 Å². The monoisotopic (exact) mass is 309 g/mol. The predicted molar refractivity (Wildman–Crippen MR) is 84.9 cm³/mol. The third-order valence-electron chi connectivity index (χ3n) is 3.32. The molecule has 4 nitrogen and oxygen atoms in total. The van der Waals surface area contributed by atoms with Crippen LogP contribution < -0.4 is 5.32 Å². The molecule has 0 spiro atoms. The van der Waals surface area contributed by atoms with Gasteiger partial charge in [0.05, 0.1) is 12.1 Å². The quantitative estimate of drug-likeness (QED) is 0.848. The van der Waals surface area contributed by atoms with Gasteiger partial charge in [-0.25, -0.2) is 4.79 Å². The van der Waals surface area contributed by atoms with Gasteiger partial charge in [-0.2, -0.15) is 0 Å². The molecular formula is C16H20ClNO3. The SMILES string of the molecule is CCC(C)NCc1ccc(-c2ccc(C(=O)O)cc2)o1.Cl. The number of nitrogens with one attached hydrogen (secondary N) is 1. The predicted octanol–water partition coefficient (Wildman–Crippen LogP) is 3.95. The van der Waals surface area contributed by atoms with Crippen LogP contribution in [0.15, 0.2) is 40.8 Å². The summed E-state index contributed by atoms with van der Waals surface area (Å²) in [6.07, 6.45) is 1.07. The maximum absolute atomic E-state index is 10.8. The van der Waals surface area contributed by atoms with E-state index >= 15 is 0 Å². The first-order valence-corrected chi connectivity index (χ1v) is 6.76. The molecular weight excluding hydrogens is 290 g/mol. The molecule has 1 aromatic heterocycles. The number of aromatic carboxylic acids is 1. The van der Waals surface area contributed by atoms with Crippen LogP contribution in [0.25, 0.3) is 11.3 Å². The van der Waals surface area contributed by atoms with Gasteiger partial charge in [0.15, 0.2) is 0 Å². The van der Waals surface area contributed by atoms with Gasteiger partial charge in [-0.15, -0.1) is 12.4 Å². The molecule has 0 radical (unpaired) electrons. The Labute approximate surface area is 130 Å². The minimum absolute atomic E-state index is 0. The minimum Gasteiger partial charge on any atom is -0.478 e. The van der Waals surface area contributed by atoms with E-state index in [4.69, 9.17) is 9.52 Å². The van der Waals surface area contributed by atoms with E-state index in [0.717, 1.165) is 23.5 Å². The summed E-state index contributed by atoms with van der Waals surface area (Å²) >= 11 is 0. The highest BCUT2D eigenvalue weighted by Crippen LogP contribution is 2.22. The molecule has 1 unspecified atom stereocenters. The highest BCUT2D eigenvalue weighted by Gasteiger charge is 2.07. The Hall–Kier alpha value is -1.78. The standard InChI is InChI=1S/C16H19NO3.ClH/c1-3-11(2)17-10-14-8-9-15(20-14)12-4-6-13(7-5-12)16(18)19;/h4-9,11,17H,3,10H2,1-2H3,(H,18,19);1H. The van der Waals surface area contributed by atoms with Crippen molar-refractivity contribution < 1.29 is 14.3 Å². The number of halogens is 1. The number of furan rings is 1. The average Bonchev–Trinajstić information content (AvgIpc) is 2.93. The molecule has 114 valence electrons. The van der Waals surface area contributed by atoms with Crippen molar-refractivity contribution in [3.05, 3.63) is 47.7 Å². The number of hydrogen-bond donors (Lipinski definition) is 2. The van der Waals surface area contributed by atoms with Crippen molar-refractivity contribution >= 4 is 18.4 Å². The van der Waals surface area contributed by atoms with E-state index in [0.29, 0.717) is 12.6 Å². The molecule has 1 heterocycles. The summed E-state index contributed by atoms with van der Waals surface area (Å²) in [5, 5.41) is 12.2. The van der Waals surface area contributed by atoms with Crippen LogP contribution in [0.1, 0.15) is 36.4 Å². The molecule has 0 aliphatic carbocycles. The first-order chi connectivity index (χ1) is 9.60. The number of carboxylic acids is 1. The smallest absolute Gasteiger partial charge is 0.335 e. The molecule has 0 bridgehead atoms. The molecule has 1 atom stereocenters. The van der Waals surface area contributed by atoms with Crippen molar-refractivity contribution in [2.75, 3.05) is 0 Å². The Balaban J connectivity index is 0.00000220. The van der Waals surface area contributed by atoms with Gasteiger partial charge >= 0.3 is 5.97 Å². The van der Waals surface area contributed by atoms with Crippen molar-refractivity contribution in [2.45, 2.75) is 32.9 Å². The molecule has 0 amide bonds. The van der Waals surface area contributed by atoms with E-state index in [-0.39, 0.29) is 18.0 Å². The van der Waals surface area contributed by atoms with Gasteiger partial charge in [-0.3, -0.25) is 0 Å². The molecule has 0 fully saturated rings. The summed E-state index contributed by atoms with van der Waals surface area (Å²) in [5.74, 6) is 0.708. The van der Waals surface area contributed by atoms with Gasteiger partial charge in [0.1, 0.15) is 11.5 Å². The highest BCUT2D eigenvalue weighted by atomic mass is 35.5. The zero-order chi connectivity index (χ0) is 14.5. The maximum Gasteiger partial charge on any atom is 0.335 e. The minimum atomic E-state index is -0.922. The molecule has 0 saturated carbocycles. The van der Waals surface area contributed by atoms with Crippen molar-refractivity contribution in [2.24, 2.45) is 0 Å². The second-order valence-electron chi connectivity index (χ2n) is 4.84. The average molecular weight is 310 g/mol. The number of rotatable bonds is 6. The van der Waals surface area contributed by atoms with Gasteiger partial charge in [0.25, 0.3) is 0 Å². The molecule has 2 rings (SSSR count). The van der Waals surface area contributed by atoms with Crippen LogP contribution in [-0.2, 0) is 6.54 Å². The van der Waals surface area contributed by atoms with E-state index in [1.54, 1.807) is 24.3 Å². The van der Waals surface area contributed by atoms with Gasteiger partial charge in [-0.05, 0) is 37.6 Å². The van der Waals surface area contributed by atoms with Gasteiger partial charge in [0, 0.05) is 11.6 Å². The van der Waals surface area contributed by atoms with Gasteiger partial charge in [0.2, 0.25) is 0 Å².